The molecule has 1 aromatic rings. The standard InChI is InChI=1S/C20H31N5O6/c1-9(10(2)26)6-15(27)14(21)4-5-16(28)31-11(3)17(29)12-7-13-18(23-8-12)24-20(22)25-19(13)30/h9,11-12,14,17,29H,4-8,21H2,1-3H3,(H4,22,23,24,25,30)/t9-,11-,12+,14+,17-/m0/s1. The second-order valence-corrected chi connectivity index (χ2v) is 8.14. The number of aliphatic hydroxyl groups excluding tert-OH is 1. The largest absolute Gasteiger partial charge is 0.460 e. The van der Waals surface area contributed by atoms with E-state index in [9.17, 15) is 24.3 Å². The number of ketones is 2. The van der Waals surface area contributed by atoms with Crippen LogP contribution in [0.3, 0.4) is 0 Å². The highest BCUT2D eigenvalue weighted by Gasteiger charge is 2.32. The quantitative estimate of drug-likeness (QED) is 0.299. The van der Waals surface area contributed by atoms with Crippen LogP contribution in [0.2, 0.25) is 0 Å². The number of esters is 1. The Hall–Kier alpha value is -2.79. The van der Waals surface area contributed by atoms with Gasteiger partial charge >= 0.3 is 5.97 Å². The normalized spacial score (nSPS) is 19.3. The van der Waals surface area contributed by atoms with Crippen molar-refractivity contribution in [2.45, 2.75) is 64.7 Å². The van der Waals surface area contributed by atoms with E-state index in [1.54, 1.807) is 13.8 Å². The third-order valence-electron chi connectivity index (χ3n) is 5.59. The van der Waals surface area contributed by atoms with Crippen LogP contribution in [0.1, 0.15) is 45.6 Å². The first-order valence-corrected chi connectivity index (χ1v) is 10.3. The monoisotopic (exact) mass is 437 g/mol. The number of nitrogens with one attached hydrogen (secondary N) is 2. The van der Waals surface area contributed by atoms with E-state index in [0.717, 1.165) is 0 Å². The maximum Gasteiger partial charge on any atom is 0.306 e. The molecule has 2 rings (SSSR count). The highest BCUT2D eigenvalue weighted by Crippen LogP contribution is 2.24. The van der Waals surface area contributed by atoms with Gasteiger partial charge in [0.05, 0.1) is 17.7 Å². The molecule has 0 fully saturated rings. The van der Waals surface area contributed by atoms with Crippen molar-refractivity contribution >= 4 is 29.3 Å². The molecule has 1 aromatic heterocycles. The minimum atomic E-state index is -1.02. The SMILES string of the molecule is CC(=O)[C@@H](C)CC(=O)[C@H](N)CCC(=O)O[C@@H](C)[C@H](O)[C@H]1CNc2nc(N)[nH]c(=O)c2C1. The molecule has 0 bridgehead atoms. The van der Waals surface area contributed by atoms with Gasteiger partial charge in [0.15, 0.2) is 0 Å². The number of anilines is 2. The Balaban J connectivity index is 1.83. The Labute approximate surface area is 179 Å². The maximum atomic E-state index is 12.1. The van der Waals surface area contributed by atoms with Gasteiger partial charge in [0.25, 0.3) is 5.56 Å². The zero-order valence-corrected chi connectivity index (χ0v) is 18.0. The molecule has 0 spiro atoms. The van der Waals surface area contributed by atoms with Crippen LogP contribution in [0.4, 0.5) is 11.8 Å². The number of carbonyl (C=O) groups excluding carboxylic acids is 3. The van der Waals surface area contributed by atoms with E-state index >= 15 is 0 Å². The van der Waals surface area contributed by atoms with Crippen LogP contribution in [0.25, 0.3) is 0 Å². The Bertz CT molecular complexity index is 885. The number of fused-ring (bicyclic) bond motifs is 1. The summed E-state index contributed by atoms with van der Waals surface area (Å²) in [5.41, 5.74) is 11.3. The van der Waals surface area contributed by atoms with Crippen molar-refractivity contribution in [2.24, 2.45) is 17.6 Å². The lowest BCUT2D eigenvalue weighted by atomic mass is 9.89. The number of carbonyl (C=O) groups is 3. The fourth-order valence-electron chi connectivity index (χ4n) is 3.40. The number of Topliss-reactive ketones (excluding diaryl/α,β-unsaturated/α-hetero) is 2. The number of aliphatic hydroxyl groups is 1. The Morgan fingerprint density at radius 1 is 1.32 bits per heavy atom. The predicted octanol–water partition coefficient (Wildman–Crippen LogP) is -0.479. The smallest absolute Gasteiger partial charge is 0.306 e. The summed E-state index contributed by atoms with van der Waals surface area (Å²) in [7, 11) is 0. The number of nitrogens with two attached hydrogens (primary N) is 2. The van der Waals surface area contributed by atoms with Crippen LogP contribution in [-0.2, 0) is 25.5 Å². The highest BCUT2D eigenvalue weighted by atomic mass is 16.6. The lowest BCUT2D eigenvalue weighted by Crippen LogP contribution is -2.43. The van der Waals surface area contributed by atoms with E-state index in [4.69, 9.17) is 16.2 Å². The van der Waals surface area contributed by atoms with E-state index in [-0.39, 0.29) is 54.7 Å². The third-order valence-corrected chi connectivity index (χ3v) is 5.59. The van der Waals surface area contributed by atoms with Crippen LogP contribution in [0.5, 0.6) is 0 Å². The lowest BCUT2D eigenvalue weighted by Gasteiger charge is -2.31. The minimum absolute atomic E-state index is 0.00462. The molecule has 0 unspecified atom stereocenters. The van der Waals surface area contributed by atoms with Crippen molar-refractivity contribution in [1.29, 1.82) is 0 Å². The van der Waals surface area contributed by atoms with Crippen molar-refractivity contribution < 1.29 is 24.2 Å². The van der Waals surface area contributed by atoms with Crippen LogP contribution in [-0.4, -0.2) is 57.4 Å². The molecule has 1 aliphatic rings. The van der Waals surface area contributed by atoms with Crippen molar-refractivity contribution in [1.82, 2.24) is 9.97 Å². The number of aromatic amines is 1. The molecule has 11 heteroatoms. The maximum absolute atomic E-state index is 12.1. The second-order valence-electron chi connectivity index (χ2n) is 8.14. The number of nitrogens with zero attached hydrogens (tertiary/aromatic N) is 1. The van der Waals surface area contributed by atoms with Crippen LogP contribution in [0.15, 0.2) is 4.79 Å². The highest BCUT2D eigenvalue weighted by molar-refractivity contribution is 5.89. The number of rotatable bonds is 10. The number of hydrogen-bond acceptors (Lipinski definition) is 10. The number of H-pyrrole nitrogens is 1. The van der Waals surface area contributed by atoms with E-state index in [1.807, 2.05) is 0 Å². The molecule has 5 atom stereocenters. The van der Waals surface area contributed by atoms with Crippen LogP contribution >= 0.6 is 0 Å². The predicted molar refractivity (Wildman–Crippen MR) is 113 cm³/mol. The topological polar surface area (TPSA) is 190 Å². The molecule has 0 aromatic carbocycles. The minimum Gasteiger partial charge on any atom is -0.460 e. The van der Waals surface area contributed by atoms with Gasteiger partial charge in [0.1, 0.15) is 23.5 Å². The first-order chi connectivity index (χ1) is 14.5. The Morgan fingerprint density at radius 3 is 2.65 bits per heavy atom. The van der Waals surface area contributed by atoms with Crippen molar-refractivity contribution in [3.05, 3.63) is 15.9 Å². The fourth-order valence-corrected chi connectivity index (χ4v) is 3.40. The average molecular weight is 437 g/mol. The summed E-state index contributed by atoms with van der Waals surface area (Å²) in [6.07, 6.45) is -1.56. The lowest BCUT2D eigenvalue weighted by molar-refractivity contribution is -0.155. The zero-order chi connectivity index (χ0) is 23.3. The Kier molecular flexibility index (Phi) is 8.28. The summed E-state index contributed by atoms with van der Waals surface area (Å²) in [5.74, 6) is -1.37. The summed E-state index contributed by atoms with van der Waals surface area (Å²) in [6, 6.07) is -0.861. The zero-order valence-electron chi connectivity index (χ0n) is 18.0. The van der Waals surface area contributed by atoms with Crippen LogP contribution < -0.4 is 22.3 Å². The summed E-state index contributed by atoms with van der Waals surface area (Å²) < 4.78 is 5.29. The molecule has 1 aliphatic heterocycles. The van der Waals surface area contributed by atoms with E-state index < -0.39 is 30.1 Å². The molecular formula is C20H31N5O6. The fraction of sp³-hybridized carbons (Fsp3) is 0.650. The first-order valence-electron chi connectivity index (χ1n) is 10.3. The molecule has 11 nitrogen and oxygen atoms in total. The van der Waals surface area contributed by atoms with E-state index in [2.05, 4.69) is 15.3 Å². The van der Waals surface area contributed by atoms with Crippen molar-refractivity contribution in [3.63, 3.8) is 0 Å². The average Bonchev–Trinajstić information content (AvgIpc) is 2.70. The van der Waals surface area contributed by atoms with Gasteiger partial charge in [-0.3, -0.25) is 24.2 Å². The number of ether oxygens (including phenoxy) is 1. The van der Waals surface area contributed by atoms with Gasteiger partial charge in [-0.2, -0.15) is 4.98 Å². The van der Waals surface area contributed by atoms with E-state index in [0.29, 0.717) is 17.9 Å². The van der Waals surface area contributed by atoms with Gasteiger partial charge in [0, 0.05) is 31.2 Å². The summed E-state index contributed by atoms with van der Waals surface area (Å²) in [5, 5.41) is 13.6. The van der Waals surface area contributed by atoms with Gasteiger partial charge in [-0.05, 0) is 26.7 Å². The molecule has 0 saturated carbocycles. The molecule has 31 heavy (non-hydrogen) atoms. The first kappa shape index (κ1) is 24.5. The summed E-state index contributed by atoms with van der Waals surface area (Å²) in [6.45, 7) is 4.96. The molecule has 0 aliphatic carbocycles. The molecule has 0 radical (unpaired) electrons. The van der Waals surface area contributed by atoms with Crippen molar-refractivity contribution in [3.8, 4) is 0 Å². The Morgan fingerprint density at radius 2 is 2.00 bits per heavy atom. The van der Waals surface area contributed by atoms with Crippen molar-refractivity contribution in [2.75, 3.05) is 17.6 Å². The molecule has 0 saturated heterocycles. The van der Waals surface area contributed by atoms with E-state index in [1.165, 1.54) is 6.92 Å². The molecule has 7 N–H and O–H groups in total. The van der Waals surface area contributed by atoms with Gasteiger partial charge in [-0.1, -0.05) is 6.92 Å². The number of nitrogen functional groups attached to an aromatic ring is 1. The summed E-state index contributed by atoms with van der Waals surface area (Å²) in [4.78, 5) is 54.0. The molecule has 0 amide bonds. The third kappa shape index (κ3) is 6.59. The van der Waals surface area contributed by atoms with Gasteiger partial charge in [0.2, 0.25) is 5.95 Å². The van der Waals surface area contributed by atoms with Gasteiger partial charge < -0.3 is 26.6 Å². The molecule has 172 valence electrons. The molecular weight excluding hydrogens is 406 g/mol. The number of aromatic nitrogens is 2. The molecule has 2 heterocycles. The second kappa shape index (κ2) is 10.5. The number of hydrogen-bond donors (Lipinski definition) is 5. The van der Waals surface area contributed by atoms with Crippen LogP contribution in [0, 0.1) is 11.8 Å². The summed E-state index contributed by atoms with van der Waals surface area (Å²) >= 11 is 0. The van der Waals surface area contributed by atoms with Gasteiger partial charge in [-0.15, -0.1) is 0 Å². The van der Waals surface area contributed by atoms with Gasteiger partial charge in [-0.25, -0.2) is 0 Å².